The fraction of sp³-hybridized carbons (Fsp3) is 0.429. The van der Waals surface area contributed by atoms with E-state index in [1.165, 1.54) is 21.2 Å². The lowest BCUT2D eigenvalue weighted by atomic mass is 9.92. The van der Waals surface area contributed by atoms with Gasteiger partial charge in [-0.3, -0.25) is 9.59 Å². The highest BCUT2D eigenvalue weighted by atomic mass is 32.2. The van der Waals surface area contributed by atoms with E-state index in [1.54, 1.807) is 28.5 Å². The Morgan fingerprint density at radius 2 is 1.73 bits per heavy atom. The Labute approximate surface area is 180 Å². The first-order chi connectivity index (χ1) is 14.4. The molecule has 2 heterocycles. The number of aryl methyl sites for hydroxylation is 2. The Hall–Kier alpha value is -2.23. The van der Waals surface area contributed by atoms with Gasteiger partial charge >= 0.3 is 0 Å². The van der Waals surface area contributed by atoms with Crippen molar-refractivity contribution in [2.75, 3.05) is 32.7 Å². The first-order valence-corrected chi connectivity index (χ1v) is 12.5. The lowest BCUT2D eigenvalue weighted by molar-refractivity contribution is -0.131. The van der Waals surface area contributed by atoms with Crippen molar-refractivity contribution in [3.63, 3.8) is 0 Å². The van der Waals surface area contributed by atoms with Gasteiger partial charge in [0.1, 0.15) is 0 Å². The third kappa shape index (κ3) is 4.43. The average molecular weight is 448 g/mol. The molecule has 160 valence electrons. The van der Waals surface area contributed by atoms with E-state index in [0.717, 1.165) is 31.2 Å². The number of hydrogen-bond acceptors (Lipinski definition) is 5. The Morgan fingerprint density at radius 1 is 1.00 bits per heavy atom. The standard InChI is InChI=1S/C21H25N3O4S2/c25-20(15-22-21(26)19-6-3-13-29-19)23-9-11-24(12-10-23)30(27,28)18-8-7-16-4-1-2-5-17(16)14-18/h3,6-8,13-14H,1-2,4-5,9-12,15H2,(H,22,26). The second-order valence-electron chi connectivity index (χ2n) is 7.58. The summed E-state index contributed by atoms with van der Waals surface area (Å²) in [7, 11) is -3.57. The maximum atomic E-state index is 13.1. The molecule has 0 unspecified atom stereocenters. The molecule has 1 aromatic carbocycles. The van der Waals surface area contributed by atoms with E-state index in [-0.39, 0.29) is 31.4 Å². The van der Waals surface area contributed by atoms with Crippen molar-refractivity contribution in [2.45, 2.75) is 30.6 Å². The molecule has 1 saturated heterocycles. The van der Waals surface area contributed by atoms with Crippen LogP contribution in [0.4, 0.5) is 0 Å². The van der Waals surface area contributed by atoms with Crippen LogP contribution in [0.5, 0.6) is 0 Å². The molecule has 2 aromatic rings. The number of carbonyl (C=O) groups excluding carboxylic acids is 2. The zero-order valence-electron chi connectivity index (χ0n) is 16.7. The summed E-state index contributed by atoms with van der Waals surface area (Å²) >= 11 is 1.32. The molecule has 0 atom stereocenters. The Bertz CT molecular complexity index is 1030. The zero-order chi connectivity index (χ0) is 21.1. The molecule has 0 spiro atoms. The number of thiophene rings is 1. The third-order valence-electron chi connectivity index (χ3n) is 5.69. The van der Waals surface area contributed by atoms with E-state index >= 15 is 0 Å². The third-order valence-corrected chi connectivity index (χ3v) is 8.46. The molecular formula is C21H25N3O4S2. The fourth-order valence-electron chi connectivity index (χ4n) is 3.96. The molecule has 0 saturated carbocycles. The minimum Gasteiger partial charge on any atom is -0.342 e. The number of piperazine rings is 1. The van der Waals surface area contributed by atoms with Gasteiger partial charge in [-0.2, -0.15) is 4.31 Å². The van der Waals surface area contributed by atoms with E-state index < -0.39 is 10.0 Å². The largest absolute Gasteiger partial charge is 0.342 e. The fourth-order valence-corrected chi connectivity index (χ4v) is 6.07. The SMILES string of the molecule is O=C(NCC(=O)N1CCN(S(=O)(=O)c2ccc3c(c2)CCCC3)CC1)c1cccs1. The molecule has 2 amide bonds. The lowest BCUT2D eigenvalue weighted by Crippen LogP contribution is -2.52. The zero-order valence-corrected chi connectivity index (χ0v) is 18.3. The second kappa shape index (κ2) is 8.87. The number of nitrogens with one attached hydrogen (secondary N) is 1. The number of sulfonamides is 1. The smallest absolute Gasteiger partial charge is 0.261 e. The molecule has 7 nitrogen and oxygen atoms in total. The molecule has 0 radical (unpaired) electrons. The lowest BCUT2D eigenvalue weighted by Gasteiger charge is -2.34. The van der Waals surface area contributed by atoms with Gasteiger partial charge in [0, 0.05) is 26.2 Å². The number of rotatable bonds is 5. The van der Waals surface area contributed by atoms with Crippen molar-refractivity contribution in [1.82, 2.24) is 14.5 Å². The minimum atomic E-state index is -3.57. The van der Waals surface area contributed by atoms with Crippen LogP contribution in [0.15, 0.2) is 40.6 Å². The van der Waals surface area contributed by atoms with Crippen molar-refractivity contribution in [3.8, 4) is 0 Å². The molecular weight excluding hydrogens is 422 g/mol. The highest BCUT2D eigenvalue weighted by Gasteiger charge is 2.30. The maximum absolute atomic E-state index is 13.1. The summed E-state index contributed by atoms with van der Waals surface area (Å²) in [5.41, 5.74) is 2.39. The Balaban J connectivity index is 1.33. The van der Waals surface area contributed by atoms with Crippen molar-refractivity contribution in [2.24, 2.45) is 0 Å². The highest BCUT2D eigenvalue weighted by Crippen LogP contribution is 2.26. The predicted octanol–water partition coefficient (Wildman–Crippen LogP) is 1.89. The van der Waals surface area contributed by atoms with Gasteiger partial charge in [-0.1, -0.05) is 12.1 Å². The molecule has 30 heavy (non-hydrogen) atoms. The van der Waals surface area contributed by atoms with Crippen LogP contribution < -0.4 is 5.32 Å². The van der Waals surface area contributed by atoms with Gasteiger partial charge in [0.2, 0.25) is 15.9 Å². The van der Waals surface area contributed by atoms with Gasteiger partial charge in [0.05, 0.1) is 16.3 Å². The van der Waals surface area contributed by atoms with Crippen LogP contribution in [-0.4, -0.2) is 62.2 Å². The highest BCUT2D eigenvalue weighted by molar-refractivity contribution is 7.89. The van der Waals surface area contributed by atoms with Crippen molar-refractivity contribution >= 4 is 33.2 Å². The quantitative estimate of drug-likeness (QED) is 0.758. The van der Waals surface area contributed by atoms with Crippen LogP contribution >= 0.6 is 11.3 Å². The number of amides is 2. The van der Waals surface area contributed by atoms with Gasteiger partial charge in [0.25, 0.3) is 5.91 Å². The normalized spacial score (nSPS) is 17.4. The maximum Gasteiger partial charge on any atom is 0.261 e. The van der Waals surface area contributed by atoms with Gasteiger partial charge < -0.3 is 10.2 Å². The molecule has 4 rings (SSSR count). The average Bonchev–Trinajstić information content (AvgIpc) is 3.32. The van der Waals surface area contributed by atoms with Crippen LogP contribution in [0.1, 0.15) is 33.6 Å². The Kier molecular flexibility index (Phi) is 6.21. The van der Waals surface area contributed by atoms with Gasteiger partial charge in [-0.25, -0.2) is 8.42 Å². The monoisotopic (exact) mass is 447 g/mol. The summed E-state index contributed by atoms with van der Waals surface area (Å²) in [6.45, 7) is 1.05. The van der Waals surface area contributed by atoms with E-state index in [4.69, 9.17) is 0 Å². The van der Waals surface area contributed by atoms with Gasteiger partial charge in [-0.05, 0) is 60.4 Å². The van der Waals surface area contributed by atoms with E-state index in [0.29, 0.717) is 22.9 Å². The van der Waals surface area contributed by atoms with Crippen LogP contribution in [0.3, 0.4) is 0 Å². The number of benzene rings is 1. The molecule has 1 aliphatic heterocycles. The van der Waals surface area contributed by atoms with Crippen LogP contribution in [0, 0.1) is 0 Å². The predicted molar refractivity (Wildman–Crippen MR) is 115 cm³/mol. The summed E-state index contributed by atoms with van der Waals surface area (Å²) in [6.07, 6.45) is 4.20. The van der Waals surface area contributed by atoms with Crippen molar-refractivity contribution < 1.29 is 18.0 Å². The van der Waals surface area contributed by atoms with E-state index in [9.17, 15) is 18.0 Å². The molecule has 1 aliphatic carbocycles. The van der Waals surface area contributed by atoms with Crippen LogP contribution in [-0.2, 0) is 27.7 Å². The summed E-state index contributed by atoms with van der Waals surface area (Å²) < 4.78 is 27.6. The van der Waals surface area contributed by atoms with Crippen molar-refractivity contribution in [3.05, 3.63) is 51.7 Å². The molecule has 2 aliphatic rings. The van der Waals surface area contributed by atoms with Gasteiger partial charge in [0.15, 0.2) is 0 Å². The number of carbonyl (C=O) groups is 2. The molecule has 9 heteroatoms. The molecule has 1 aromatic heterocycles. The first-order valence-electron chi connectivity index (χ1n) is 10.2. The summed E-state index contributed by atoms with van der Waals surface area (Å²) in [6, 6.07) is 8.95. The van der Waals surface area contributed by atoms with E-state index in [1.807, 2.05) is 12.1 Å². The first kappa shape index (κ1) is 21.0. The van der Waals surface area contributed by atoms with Crippen LogP contribution in [0.2, 0.25) is 0 Å². The molecule has 1 fully saturated rings. The molecule has 0 bridgehead atoms. The minimum absolute atomic E-state index is 0.0890. The number of nitrogens with zero attached hydrogens (tertiary/aromatic N) is 2. The summed E-state index contributed by atoms with van der Waals surface area (Å²) in [5, 5.41) is 4.43. The topological polar surface area (TPSA) is 86.8 Å². The van der Waals surface area contributed by atoms with Crippen LogP contribution in [0.25, 0.3) is 0 Å². The van der Waals surface area contributed by atoms with Gasteiger partial charge in [-0.15, -0.1) is 11.3 Å². The Morgan fingerprint density at radius 3 is 2.43 bits per heavy atom. The molecule has 1 N–H and O–H groups in total. The second-order valence-corrected chi connectivity index (χ2v) is 10.5. The number of hydrogen-bond donors (Lipinski definition) is 1. The summed E-state index contributed by atoms with van der Waals surface area (Å²) in [4.78, 5) is 26.9. The number of fused-ring (bicyclic) bond motifs is 1. The van der Waals surface area contributed by atoms with Crippen molar-refractivity contribution in [1.29, 1.82) is 0 Å². The summed E-state index contributed by atoms with van der Waals surface area (Å²) in [5.74, 6) is -0.474. The van der Waals surface area contributed by atoms with E-state index in [2.05, 4.69) is 5.32 Å².